The first kappa shape index (κ1) is 13.3. The molecular formula is C12H19N3O2. The van der Waals surface area contributed by atoms with E-state index in [0.717, 1.165) is 18.7 Å². The van der Waals surface area contributed by atoms with Crippen molar-refractivity contribution in [1.29, 1.82) is 0 Å². The molecule has 5 nitrogen and oxygen atoms in total. The monoisotopic (exact) mass is 237 g/mol. The number of hydrogen-bond donors (Lipinski definition) is 3. The topological polar surface area (TPSA) is 76.4 Å². The Bertz CT molecular complexity index is 338. The summed E-state index contributed by atoms with van der Waals surface area (Å²) in [4.78, 5) is 11.0. The molecule has 0 aliphatic rings. The van der Waals surface area contributed by atoms with Gasteiger partial charge in [0.15, 0.2) is 6.61 Å². The Hall–Kier alpha value is -1.75. The van der Waals surface area contributed by atoms with E-state index >= 15 is 0 Å². The van der Waals surface area contributed by atoms with E-state index in [1.165, 1.54) is 0 Å². The van der Waals surface area contributed by atoms with Gasteiger partial charge in [0.2, 0.25) is 0 Å². The summed E-state index contributed by atoms with van der Waals surface area (Å²) < 4.78 is 5.28. The maximum absolute atomic E-state index is 11.0. The highest BCUT2D eigenvalue weighted by molar-refractivity contribution is 5.77. The average molecular weight is 237 g/mol. The van der Waals surface area contributed by atoms with E-state index in [1.807, 2.05) is 24.3 Å². The zero-order valence-corrected chi connectivity index (χ0v) is 10.0. The number of nitrogens with two attached hydrogens (primary N) is 1. The van der Waals surface area contributed by atoms with Gasteiger partial charge in [0.1, 0.15) is 5.75 Å². The maximum Gasteiger partial charge on any atom is 0.257 e. The number of hydrogen-bond acceptors (Lipinski definition) is 4. The van der Waals surface area contributed by atoms with Gasteiger partial charge in [-0.25, -0.2) is 0 Å². The second-order valence-corrected chi connectivity index (χ2v) is 3.56. The van der Waals surface area contributed by atoms with E-state index in [2.05, 4.69) is 10.6 Å². The van der Waals surface area contributed by atoms with Crippen LogP contribution in [-0.4, -0.2) is 32.7 Å². The van der Waals surface area contributed by atoms with Crippen molar-refractivity contribution in [1.82, 2.24) is 5.32 Å². The summed E-state index contributed by atoms with van der Waals surface area (Å²) >= 11 is 0. The highest BCUT2D eigenvalue weighted by atomic mass is 16.5. The van der Waals surface area contributed by atoms with Crippen molar-refractivity contribution in [2.24, 2.45) is 5.73 Å². The van der Waals surface area contributed by atoms with Crippen LogP contribution in [0.3, 0.4) is 0 Å². The van der Waals surface area contributed by atoms with Gasteiger partial charge in [-0.15, -0.1) is 0 Å². The summed E-state index contributed by atoms with van der Waals surface area (Å²) in [5.41, 5.74) is 6.42. The van der Waals surface area contributed by atoms with Crippen LogP contribution in [0.1, 0.15) is 6.42 Å². The smallest absolute Gasteiger partial charge is 0.257 e. The number of ether oxygens (including phenoxy) is 1. The average Bonchev–Trinajstić information content (AvgIpc) is 2.37. The Balaban J connectivity index is 2.36. The van der Waals surface area contributed by atoms with Crippen LogP contribution in [-0.2, 0) is 4.79 Å². The molecule has 0 aliphatic carbocycles. The summed E-state index contributed by atoms with van der Waals surface area (Å²) in [7, 11) is 1.58. The minimum absolute atomic E-state index is 0.0381. The zero-order valence-electron chi connectivity index (χ0n) is 10.0. The number of amides is 1. The van der Waals surface area contributed by atoms with Crippen LogP contribution in [0.4, 0.5) is 5.69 Å². The number of nitrogens with one attached hydrogen (secondary N) is 2. The second kappa shape index (κ2) is 7.51. The van der Waals surface area contributed by atoms with Crippen molar-refractivity contribution in [3.05, 3.63) is 24.3 Å². The van der Waals surface area contributed by atoms with Gasteiger partial charge in [0, 0.05) is 19.3 Å². The number of carbonyl (C=O) groups is 1. The Kier molecular flexibility index (Phi) is 5.88. The van der Waals surface area contributed by atoms with E-state index in [1.54, 1.807) is 7.05 Å². The zero-order chi connectivity index (χ0) is 12.5. The molecule has 0 heterocycles. The van der Waals surface area contributed by atoms with Crippen LogP contribution >= 0.6 is 0 Å². The fraction of sp³-hybridized carbons (Fsp3) is 0.417. The summed E-state index contributed by atoms with van der Waals surface area (Å²) in [6, 6.07) is 7.48. The lowest BCUT2D eigenvalue weighted by atomic mass is 10.3. The predicted molar refractivity (Wildman–Crippen MR) is 68.2 cm³/mol. The summed E-state index contributed by atoms with van der Waals surface area (Å²) in [6.45, 7) is 1.58. The van der Waals surface area contributed by atoms with Crippen LogP contribution in [0.15, 0.2) is 24.3 Å². The summed E-state index contributed by atoms with van der Waals surface area (Å²) in [6.07, 6.45) is 0.939. The number of carbonyl (C=O) groups excluding carboxylic acids is 1. The van der Waals surface area contributed by atoms with Crippen LogP contribution in [0.5, 0.6) is 5.75 Å². The number of rotatable bonds is 7. The molecule has 0 unspecified atom stereocenters. The van der Waals surface area contributed by atoms with Gasteiger partial charge in [-0.1, -0.05) is 0 Å². The third kappa shape index (κ3) is 5.21. The Morgan fingerprint density at radius 2 is 2.06 bits per heavy atom. The predicted octanol–water partition coefficient (Wildman–Crippen LogP) is 0.572. The minimum atomic E-state index is -0.143. The van der Waals surface area contributed by atoms with E-state index in [0.29, 0.717) is 12.3 Å². The largest absolute Gasteiger partial charge is 0.484 e. The van der Waals surface area contributed by atoms with Crippen LogP contribution in [0.2, 0.25) is 0 Å². The molecular weight excluding hydrogens is 218 g/mol. The second-order valence-electron chi connectivity index (χ2n) is 3.56. The summed E-state index contributed by atoms with van der Waals surface area (Å²) in [5.74, 6) is 0.535. The fourth-order valence-corrected chi connectivity index (χ4v) is 1.22. The van der Waals surface area contributed by atoms with Gasteiger partial charge >= 0.3 is 0 Å². The van der Waals surface area contributed by atoms with Gasteiger partial charge in [-0.2, -0.15) is 0 Å². The molecule has 94 valence electrons. The first-order chi connectivity index (χ1) is 8.26. The fourth-order valence-electron chi connectivity index (χ4n) is 1.22. The Labute approximate surface area is 101 Å². The van der Waals surface area contributed by atoms with Gasteiger partial charge in [-0.05, 0) is 37.2 Å². The lowest BCUT2D eigenvalue weighted by Crippen LogP contribution is -2.24. The van der Waals surface area contributed by atoms with Crippen molar-refractivity contribution in [3.8, 4) is 5.75 Å². The van der Waals surface area contributed by atoms with E-state index in [4.69, 9.17) is 10.5 Å². The van der Waals surface area contributed by atoms with Crippen LogP contribution in [0.25, 0.3) is 0 Å². The molecule has 0 bridgehead atoms. The first-order valence-corrected chi connectivity index (χ1v) is 5.63. The molecule has 0 saturated carbocycles. The highest BCUT2D eigenvalue weighted by Crippen LogP contribution is 2.15. The van der Waals surface area contributed by atoms with Gasteiger partial charge < -0.3 is 21.1 Å². The molecule has 1 aromatic carbocycles. The van der Waals surface area contributed by atoms with Gasteiger partial charge in [0.25, 0.3) is 5.91 Å². The molecule has 0 atom stereocenters. The molecule has 5 heteroatoms. The molecule has 4 N–H and O–H groups in total. The third-order valence-electron chi connectivity index (χ3n) is 2.21. The molecule has 0 aromatic heterocycles. The highest BCUT2D eigenvalue weighted by Gasteiger charge is 1.99. The number of likely N-dealkylation sites (N-methyl/N-ethyl adjacent to an activating group) is 1. The molecule has 0 aliphatic heterocycles. The van der Waals surface area contributed by atoms with Crippen molar-refractivity contribution in [2.45, 2.75) is 6.42 Å². The molecule has 1 rings (SSSR count). The van der Waals surface area contributed by atoms with Crippen molar-refractivity contribution < 1.29 is 9.53 Å². The molecule has 0 spiro atoms. The van der Waals surface area contributed by atoms with Gasteiger partial charge in [0.05, 0.1) is 0 Å². The molecule has 17 heavy (non-hydrogen) atoms. The van der Waals surface area contributed by atoms with E-state index < -0.39 is 0 Å². The SMILES string of the molecule is CNC(=O)COc1ccc(NCCCN)cc1. The third-order valence-corrected chi connectivity index (χ3v) is 2.21. The maximum atomic E-state index is 11.0. The molecule has 1 amide bonds. The van der Waals surface area contributed by atoms with Crippen LogP contribution in [0, 0.1) is 0 Å². The van der Waals surface area contributed by atoms with Crippen molar-refractivity contribution in [2.75, 3.05) is 32.1 Å². The first-order valence-electron chi connectivity index (χ1n) is 5.63. The summed E-state index contributed by atoms with van der Waals surface area (Å²) in [5, 5.41) is 5.73. The van der Waals surface area contributed by atoms with E-state index in [-0.39, 0.29) is 12.5 Å². The molecule has 0 saturated heterocycles. The van der Waals surface area contributed by atoms with Gasteiger partial charge in [-0.3, -0.25) is 4.79 Å². The normalized spacial score (nSPS) is 9.76. The minimum Gasteiger partial charge on any atom is -0.484 e. The Morgan fingerprint density at radius 3 is 2.65 bits per heavy atom. The van der Waals surface area contributed by atoms with Crippen molar-refractivity contribution in [3.63, 3.8) is 0 Å². The van der Waals surface area contributed by atoms with E-state index in [9.17, 15) is 4.79 Å². The number of benzene rings is 1. The Morgan fingerprint density at radius 1 is 1.35 bits per heavy atom. The molecule has 0 radical (unpaired) electrons. The lowest BCUT2D eigenvalue weighted by molar-refractivity contribution is -0.122. The lowest BCUT2D eigenvalue weighted by Gasteiger charge is -2.08. The quantitative estimate of drug-likeness (QED) is 0.606. The molecule has 1 aromatic rings. The van der Waals surface area contributed by atoms with Crippen molar-refractivity contribution >= 4 is 11.6 Å². The standard InChI is InChI=1S/C12H19N3O2/c1-14-12(16)9-17-11-5-3-10(4-6-11)15-8-2-7-13/h3-6,15H,2,7-9,13H2,1H3,(H,14,16). The molecule has 0 fully saturated rings. The van der Waals surface area contributed by atoms with Crippen LogP contribution < -0.4 is 21.1 Å². The number of anilines is 1.